The molecule has 0 radical (unpaired) electrons. The summed E-state index contributed by atoms with van der Waals surface area (Å²) in [5.74, 6) is -0.750. The van der Waals surface area contributed by atoms with Gasteiger partial charge in [0.05, 0.1) is 6.21 Å². The van der Waals surface area contributed by atoms with Crippen molar-refractivity contribution in [3.05, 3.63) is 35.9 Å². The molecule has 10 heteroatoms. The predicted molar refractivity (Wildman–Crippen MR) is 120 cm³/mol. The number of aliphatic carboxylic acids is 1. The van der Waals surface area contributed by atoms with E-state index >= 15 is 0 Å². The summed E-state index contributed by atoms with van der Waals surface area (Å²) in [6, 6.07) is 8.59. The Bertz CT molecular complexity index is 708. The maximum Gasteiger partial charge on any atom is 0.326 e. The van der Waals surface area contributed by atoms with Crippen LogP contribution in [0.1, 0.15) is 25.8 Å². The van der Waals surface area contributed by atoms with Crippen LogP contribution >= 0.6 is 36.2 Å². The number of carboxylic acids is 1. The second-order valence-electron chi connectivity index (χ2n) is 5.83. The molecule has 1 aromatic carbocycles. The zero-order valence-corrected chi connectivity index (χ0v) is 17.8. The van der Waals surface area contributed by atoms with Gasteiger partial charge in [-0.2, -0.15) is 10.2 Å². The molecule has 0 bridgehead atoms. The van der Waals surface area contributed by atoms with Crippen molar-refractivity contribution in [2.75, 3.05) is 6.26 Å². The van der Waals surface area contributed by atoms with E-state index in [1.54, 1.807) is 0 Å². The minimum absolute atomic E-state index is 0.123. The van der Waals surface area contributed by atoms with E-state index in [2.05, 4.69) is 26.4 Å². The van der Waals surface area contributed by atoms with Gasteiger partial charge in [0.2, 0.25) is 0 Å². The smallest absolute Gasteiger partial charge is 0.326 e. The Morgan fingerprint density at radius 1 is 1.26 bits per heavy atom. The summed E-state index contributed by atoms with van der Waals surface area (Å²) in [5, 5.41) is 20.5. The van der Waals surface area contributed by atoms with Crippen molar-refractivity contribution in [2.45, 2.75) is 26.3 Å². The second kappa shape index (κ2) is 12.4. The molecule has 1 atom stereocenters. The van der Waals surface area contributed by atoms with Crippen molar-refractivity contribution in [1.82, 2.24) is 16.2 Å². The van der Waals surface area contributed by atoms with Crippen LogP contribution in [0.4, 0.5) is 0 Å². The van der Waals surface area contributed by atoms with Crippen LogP contribution in [0.2, 0.25) is 0 Å². The van der Waals surface area contributed by atoms with E-state index in [9.17, 15) is 9.90 Å². The van der Waals surface area contributed by atoms with Gasteiger partial charge in [0, 0.05) is 5.56 Å². The van der Waals surface area contributed by atoms with Gasteiger partial charge in [0.1, 0.15) is 11.8 Å². The Kier molecular flexibility index (Phi) is 10.5. The van der Waals surface area contributed by atoms with Crippen molar-refractivity contribution >= 4 is 63.5 Å². The number of thioether (sulfide) groups is 1. The van der Waals surface area contributed by atoms with Crippen LogP contribution in [-0.2, 0) is 4.79 Å². The van der Waals surface area contributed by atoms with E-state index in [4.69, 9.17) is 24.4 Å². The minimum Gasteiger partial charge on any atom is -0.480 e. The average Bonchev–Trinajstić information content (AvgIpc) is 2.63. The van der Waals surface area contributed by atoms with Crippen molar-refractivity contribution in [1.29, 1.82) is 0 Å². The number of hydrazone groups is 2. The number of hydrogen-bond donors (Lipinski definition) is 4. The fraction of sp³-hybridized carbons (Fsp3) is 0.353. The van der Waals surface area contributed by atoms with Gasteiger partial charge >= 0.3 is 5.97 Å². The lowest BCUT2D eigenvalue weighted by Gasteiger charge is -2.17. The van der Waals surface area contributed by atoms with E-state index in [1.807, 2.05) is 50.4 Å². The average molecular weight is 426 g/mol. The van der Waals surface area contributed by atoms with Crippen molar-refractivity contribution < 1.29 is 9.90 Å². The zero-order chi connectivity index (χ0) is 20.2. The fourth-order valence-electron chi connectivity index (χ4n) is 1.96. The minimum atomic E-state index is -0.962. The number of carboxylic acid groups (broad SMARTS) is 1. The molecule has 0 fully saturated rings. The third kappa shape index (κ3) is 9.45. The Balaban J connectivity index is 2.85. The molecule has 0 aromatic heterocycles. The van der Waals surface area contributed by atoms with Crippen LogP contribution < -0.4 is 16.2 Å². The first-order chi connectivity index (χ1) is 12.8. The van der Waals surface area contributed by atoms with Crippen LogP contribution in [0, 0.1) is 5.92 Å². The van der Waals surface area contributed by atoms with Gasteiger partial charge in [-0.3, -0.25) is 10.9 Å². The molecule has 0 aliphatic carbocycles. The summed E-state index contributed by atoms with van der Waals surface area (Å²) in [7, 11) is 0. The number of benzene rings is 1. The number of carbonyl (C=O) groups is 1. The monoisotopic (exact) mass is 425 g/mol. The third-order valence-electron chi connectivity index (χ3n) is 3.19. The van der Waals surface area contributed by atoms with E-state index in [0.29, 0.717) is 16.5 Å². The number of rotatable bonds is 8. The van der Waals surface area contributed by atoms with Gasteiger partial charge < -0.3 is 10.4 Å². The first kappa shape index (κ1) is 23.0. The molecule has 0 aliphatic rings. The largest absolute Gasteiger partial charge is 0.480 e. The van der Waals surface area contributed by atoms with Crippen LogP contribution in [0.3, 0.4) is 0 Å². The van der Waals surface area contributed by atoms with E-state index in [0.717, 1.165) is 5.56 Å². The van der Waals surface area contributed by atoms with Gasteiger partial charge in [0.15, 0.2) is 9.43 Å². The van der Waals surface area contributed by atoms with Crippen LogP contribution in [0.15, 0.2) is 40.5 Å². The molecule has 7 nitrogen and oxygen atoms in total. The van der Waals surface area contributed by atoms with Gasteiger partial charge in [0.25, 0.3) is 0 Å². The molecule has 0 spiro atoms. The molecule has 4 N–H and O–H groups in total. The normalized spacial score (nSPS) is 12.7. The summed E-state index contributed by atoms with van der Waals surface area (Å²) in [6.45, 7) is 3.89. The molecule has 0 heterocycles. The maximum atomic E-state index is 11.3. The molecule has 0 saturated carbocycles. The van der Waals surface area contributed by atoms with Gasteiger partial charge in [-0.05, 0) is 30.8 Å². The lowest BCUT2D eigenvalue weighted by Crippen LogP contribution is -2.45. The molecule has 27 heavy (non-hydrogen) atoms. The van der Waals surface area contributed by atoms with Crippen molar-refractivity contribution in [3.63, 3.8) is 0 Å². The standard InChI is InChI=1S/C17H23N5O2S3/c1-11(2)9-13(15(23)24)19-16(25)21-20-14(10-18-22-17(26)27-3)12-7-5-4-6-8-12/h4-8,10-11,13H,9H2,1-3H3,(H,22,26)(H,23,24)(H2,19,21,25). The Labute approximate surface area is 174 Å². The molecule has 146 valence electrons. The van der Waals surface area contributed by atoms with Gasteiger partial charge in [-0.15, -0.1) is 0 Å². The van der Waals surface area contributed by atoms with Gasteiger partial charge in [-0.25, -0.2) is 4.79 Å². The lowest BCUT2D eigenvalue weighted by atomic mass is 10.0. The molecule has 0 saturated heterocycles. The third-order valence-corrected chi connectivity index (χ3v) is 4.45. The number of hydrogen-bond acceptors (Lipinski definition) is 6. The SMILES string of the molecule is CSC(=S)NN=CC(=NNC(=S)NC(CC(C)C)C(=O)O)c1ccccc1. The lowest BCUT2D eigenvalue weighted by molar-refractivity contribution is -0.139. The summed E-state index contributed by atoms with van der Waals surface area (Å²) < 4.78 is 0.529. The number of thiocarbonyl (C=S) groups is 2. The molecule has 1 unspecified atom stereocenters. The van der Waals surface area contributed by atoms with Crippen molar-refractivity contribution in [2.24, 2.45) is 16.1 Å². The van der Waals surface area contributed by atoms with Gasteiger partial charge in [-0.1, -0.05) is 68.2 Å². The molecule has 0 aliphatic heterocycles. The topological polar surface area (TPSA) is 98.1 Å². The highest BCUT2D eigenvalue weighted by Crippen LogP contribution is 2.05. The molecule has 1 rings (SSSR count). The quantitative estimate of drug-likeness (QED) is 0.287. The van der Waals surface area contributed by atoms with E-state index in [1.165, 1.54) is 18.0 Å². The second-order valence-corrected chi connectivity index (χ2v) is 7.72. The van der Waals surface area contributed by atoms with Crippen LogP contribution in [0.5, 0.6) is 0 Å². The summed E-state index contributed by atoms with van der Waals surface area (Å²) in [5.41, 5.74) is 6.71. The predicted octanol–water partition coefficient (Wildman–Crippen LogP) is 2.58. The van der Waals surface area contributed by atoms with Crippen molar-refractivity contribution in [3.8, 4) is 0 Å². The Morgan fingerprint density at radius 3 is 2.48 bits per heavy atom. The number of nitrogens with zero attached hydrogens (tertiary/aromatic N) is 2. The summed E-state index contributed by atoms with van der Waals surface area (Å²) in [4.78, 5) is 11.3. The summed E-state index contributed by atoms with van der Waals surface area (Å²) >= 11 is 11.6. The molecule has 1 aromatic rings. The van der Waals surface area contributed by atoms with Crippen LogP contribution in [0.25, 0.3) is 0 Å². The van der Waals surface area contributed by atoms with E-state index in [-0.39, 0.29) is 11.0 Å². The molecule has 0 amide bonds. The molecular weight excluding hydrogens is 402 g/mol. The zero-order valence-electron chi connectivity index (χ0n) is 15.3. The van der Waals surface area contributed by atoms with E-state index < -0.39 is 12.0 Å². The Hall–Kier alpha value is -2.04. The fourth-order valence-corrected chi connectivity index (χ4v) is 2.35. The first-order valence-corrected chi connectivity index (χ1v) is 10.2. The Morgan fingerprint density at radius 2 is 1.93 bits per heavy atom. The highest BCUT2D eigenvalue weighted by Gasteiger charge is 2.19. The molecular formula is C17H23N5O2S3. The first-order valence-electron chi connectivity index (χ1n) is 8.13. The maximum absolute atomic E-state index is 11.3. The number of nitrogens with one attached hydrogen (secondary N) is 3. The summed E-state index contributed by atoms with van der Waals surface area (Å²) in [6.07, 6.45) is 3.80. The highest BCUT2D eigenvalue weighted by molar-refractivity contribution is 8.22. The highest BCUT2D eigenvalue weighted by atomic mass is 32.2. The van der Waals surface area contributed by atoms with Crippen LogP contribution in [-0.4, -0.2) is 44.7 Å².